The number of aryl methyl sites for hydroxylation is 1. The van der Waals surface area contributed by atoms with Crippen LogP contribution in [0, 0.1) is 5.92 Å². The normalized spacial score (nSPS) is 29.4. The third-order valence-corrected chi connectivity index (χ3v) is 4.02. The Morgan fingerprint density at radius 2 is 2.50 bits per heavy atom. The molecule has 1 aromatic rings. The molecule has 1 saturated heterocycles. The summed E-state index contributed by atoms with van der Waals surface area (Å²) in [6.45, 7) is 2.32. The number of halogens is 1. The lowest BCUT2D eigenvalue weighted by Crippen LogP contribution is -2.35. The summed E-state index contributed by atoms with van der Waals surface area (Å²) in [5, 5.41) is 0. The summed E-state index contributed by atoms with van der Waals surface area (Å²) >= 11 is 6.34. The number of carbonyl (C=O) groups excluding carboxylic acids is 1. The SMILES string of the molecule is CC[C@@]1(Cl)C(=O)OC[C@H]1Cc1cncn1C. The maximum absolute atomic E-state index is 11.6. The van der Waals surface area contributed by atoms with Crippen molar-refractivity contribution in [1.82, 2.24) is 9.55 Å². The number of cyclic esters (lactones) is 1. The van der Waals surface area contributed by atoms with Crippen LogP contribution in [-0.2, 0) is 23.0 Å². The van der Waals surface area contributed by atoms with E-state index in [9.17, 15) is 4.79 Å². The van der Waals surface area contributed by atoms with Crippen molar-refractivity contribution in [1.29, 1.82) is 0 Å². The van der Waals surface area contributed by atoms with Crippen LogP contribution in [0.15, 0.2) is 12.5 Å². The zero-order chi connectivity index (χ0) is 11.8. The van der Waals surface area contributed by atoms with Gasteiger partial charge in [-0.1, -0.05) is 6.92 Å². The molecule has 1 aromatic heterocycles. The van der Waals surface area contributed by atoms with Gasteiger partial charge in [-0.3, -0.25) is 4.79 Å². The van der Waals surface area contributed by atoms with Gasteiger partial charge in [-0.2, -0.15) is 0 Å². The number of rotatable bonds is 3. The lowest BCUT2D eigenvalue weighted by molar-refractivity contribution is -0.140. The molecule has 0 N–H and O–H groups in total. The average molecular weight is 243 g/mol. The van der Waals surface area contributed by atoms with E-state index in [1.54, 1.807) is 12.5 Å². The van der Waals surface area contributed by atoms with E-state index in [1.165, 1.54) is 0 Å². The van der Waals surface area contributed by atoms with E-state index in [0.29, 0.717) is 13.0 Å². The fourth-order valence-corrected chi connectivity index (χ4v) is 2.28. The Kier molecular flexibility index (Phi) is 2.93. The first-order valence-electron chi connectivity index (χ1n) is 5.39. The smallest absolute Gasteiger partial charge is 0.327 e. The van der Waals surface area contributed by atoms with E-state index in [1.807, 2.05) is 18.5 Å². The molecule has 0 bridgehead atoms. The second kappa shape index (κ2) is 4.09. The number of imidazole rings is 1. The predicted molar refractivity (Wildman–Crippen MR) is 60.2 cm³/mol. The topological polar surface area (TPSA) is 44.1 Å². The molecule has 16 heavy (non-hydrogen) atoms. The van der Waals surface area contributed by atoms with E-state index >= 15 is 0 Å². The number of esters is 1. The number of hydrogen-bond donors (Lipinski definition) is 0. The third-order valence-electron chi connectivity index (χ3n) is 3.29. The van der Waals surface area contributed by atoms with E-state index in [-0.39, 0.29) is 11.9 Å². The van der Waals surface area contributed by atoms with Crippen LogP contribution < -0.4 is 0 Å². The van der Waals surface area contributed by atoms with Crippen LogP contribution in [-0.4, -0.2) is 27.0 Å². The molecule has 1 fully saturated rings. The zero-order valence-electron chi connectivity index (χ0n) is 9.44. The number of aromatic nitrogens is 2. The van der Waals surface area contributed by atoms with Crippen molar-refractivity contribution in [3.05, 3.63) is 18.2 Å². The molecular formula is C11H15ClN2O2. The van der Waals surface area contributed by atoms with Gasteiger partial charge in [-0.05, 0) is 12.8 Å². The molecule has 0 radical (unpaired) electrons. The Morgan fingerprint density at radius 3 is 3.06 bits per heavy atom. The van der Waals surface area contributed by atoms with Crippen molar-refractivity contribution in [3.63, 3.8) is 0 Å². The van der Waals surface area contributed by atoms with Crippen LogP contribution in [0.5, 0.6) is 0 Å². The van der Waals surface area contributed by atoms with Crippen molar-refractivity contribution in [2.24, 2.45) is 13.0 Å². The molecule has 4 nitrogen and oxygen atoms in total. The molecule has 1 aliphatic rings. The molecule has 88 valence electrons. The van der Waals surface area contributed by atoms with Crippen molar-refractivity contribution in [2.45, 2.75) is 24.6 Å². The first-order chi connectivity index (χ1) is 7.58. The summed E-state index contributed by atoms with van der Waals surface area (Å²) in [5.41, 5.74) is 1.07. The minimum absolute atomic E-state index is 0.0297. The van der Waals surface area contributed by atoms with E-state index in [0.717, 1.165) is 12.1 Å². The molecule has 0 unspecified atom stereocenters. The van der Waals surface area contributed by atoms with Crippen molar-refractivity contribution in [2.75, 3.05) is 6.61 Å². The highest BCUT2D eigenvalue weighted by molar-refractivity contribution is 6.34. The Hall–Kier alpha value is -1.03. The number of hydrogen-bond acceptors (Lipinski definition) is 3. The van der Waals surface area contributed by atoms with Crippen molar-refractivity contribution >= 4 is 17.6 Å². The number of alkyl halides is 1. The molecule has 0 amide bonds. The maximum atomic E-state index is 11.6. The van der Waals surface area contributed by atoms with Crippen molar-refractivity contribution in [3.8, 4) is 0 Å². The van der Waals surface area contributed by atoms with Gasteiger partial charge in [0.25, 0.3) is 0 Å². The molecule has 0 aromatic carbocycles. The molecular weight excluding hydrogens is 228 g/mol. The molecule has 0 spiro atoms. The first kappa shape index (κ1) is 11.5. The quantitative estimate of drug-likeness (QED) is 0.596. The van der Waals surface area contributed by atoms with Crippen LogP contribution in [0.25, 0.3) is 0 Å². The maximum Gasteiger partial charge on any atom is 0.327 e. The zero-order valence-corrected chi connectivity index (χ0v) is 10.2. The monoisotopic (exact) mass is 242 g/mol. The van der Waals surface area contributed by atoms with Gasteiger partial charge in [0.1, 0.15) is 4.87 Å². The van der Waals surface area contributed by atoms with Gasteiger partial charge in [0, 0.05) is 24.9 Å². The first-order valence-corrected chi connectivity index (χ1v) is 5.77. The summed E-state index contributed by atoms with van der Waals surface area (Å²) in [7, 11) is 1.93. The second-order valence-electron chi connectivity index (χ2n) is 4.21. The molecule has 2 atom stereocenters. The van der Waals surface area contributed by atoms with Crippen LogP contribution in [0.3, 0.4) is 0 Å². The van der Waals surface area contributed by atoms with Gasteiger partial charge in [-0.15, -0.1) is 11.6 Å². The fraction of sp³-hybridized carbons (Fsp3) is 0.636. The van der Waals surface area contributed by atoms with Crippen LogP contribution in [0.4, 0.5) is 0 Å². The summed E-state index contributed by atoms with van der Waals surface area (Å²) in [6.07, 6.45) is 4.86. The van der Waals surface area contributed by atoms with Crippen LogP contribution in [0.2, 0.25) is 0 Å². The highest BCUT2D eigenvalue weighted by Gasteiger charge is 2.49. The van der Waals surface area contributed by atoms with E-state index in [2.05, 4.69) is 4.98 Å². The Morgan fingerprint density at radius 1 is 1.75 bits per heavy atom. The average Bonchev–Trinajstić information content (AvgIpc) is 2.79. The standard InChI is InChI=1S/C11H15ClN2O2/c1-3-11(12)8(6-16-10(11)15)4-9-5-13-7-14(9)2/h5,7-8H,3-4,6H2,1-2H3/t8-,11+/m1/s1. The summed E-state index contributed by atoms with van der Waals surface area (Å²) in [5.74, 6) is -0.258. The Labute approximate surface area is 99.6 Å². The minimum Gasteiger partial charge on any atom is -0.464 e. The highest BCUT2D eigenvalue weighted by atomic mass is 35.5. The van der Waals surface area contributed by atoms with Gasteiger partial charge in [0.05, 0.1) is 12.9 Å². The lowest BCUT2D eigenvalue weighted by atomic mass is 9.88. The predicted octanol–water partition coefficient (Wildman–Crippen LogP) is 1.52. The van der Waals surface area contributed by atoms with Gasteiger partial charge >= 0.3 is 5.97 Å². The van der Waals surface area contributed by atoms with Gasteiger partial charge in [-0.25, -0.2) is 4.98 Å². The summed E-state index contributed by atoms with van der Waals surface area (Å²) < 4.78 is 7.00. The molecule has 1 aliphatic heterocycles. The largest absolute Gasteiger partial charge is 0.464 e. The second-order valence-corrected chi connectivity index (χ2v) is 4.89. The molecule has 2 rings (SSSR count). The minimum atomic E-state index is -0.857. The number of carbonyl (C=O) groups is 1. The van der Waals surface area contributed by atoms with E-state index in [4.69, 9.17) is 16.3 Å². The highest BCUT2D eigenvalue weighted by Crippen LogP contribution is 2.38. The Bertz CT molecular complexity index is 404. The van der Waals surface area contributed by atoms with Gasteiger partial charge in [0.15, 0.2) is 0 Å². The van der Waals surface area contributed by atoms with Crippen LogP contribution in [0.1, 0.15) is 19.0 Å². The van der Waals surface area contributed by atoms with E-state index < -0.39 is 4.87 Å². The lowest BCUT2D eigenvalue weighted by Gasteiger charge is -2.22. The fourth-order valence-electron chi connectivity index (χ4n) is 2.08. The van der Waals surface area contributed by atoms with Gasteiger partial charge in [0.2, 0.25) is 0 Å². The molecule has 2 heterocycles. The number of nitrogens with zero attached hydrogens (tertiary/aromatic N) is 2. The molecule has 5 heteroatoms. The Balaban J connectivity index is 2.17. The van der Waals surface area contributed by atoms with Crippen molar-refractivity contribution < 1.29 is 9.53 Å². The molecule has 0 saturated carbocycles. The molecule has 0 aliphatic carbocycles. The summed E-state index contributed by atoms with van der Waals surface area (Å²) in [6, 6.07) is 0. The van der Waals surface area contributed by atoms with Crippen LogP contribution >= 0.6 is 11.6 Å². The van der Waals surface area contributed by atoms with Gasteiger partial charge < -0.3 is 9.30 Å². The third kappa shape index (κ3) is 1.71. The number of ether oxygens (including phenoxy) is 1. The summed E-state index contributed by atoms with van der Waals surface area (Å²) in [4.78, 5) is 14.8.